The third-order valence-corrected chi connectivity index (χ3v) is 3.64. The summed E-state index contributed by atoms with van der Waals surface area (Å²) in [6.45, 7) is 12.9. The minimum atomic E-state index is 0.673. The van der Waals surface area contributed by atoms with E-state index in [1.807, 2.05) is 6.20 Å². The van der Waals surface area contributed by atoms with E-state index in [0.29, 0.717) is 5.92 Å². The molecule has 19 heavy (non-hydrogen) atoms. The van der Waals surface area contributed by atoms with Crippen molar-refractivity contribution in [1.29, 1.82) is 0 Å². The van der Waals surface area contributed by atoms with Crippen LogP contribution in [0.15, 0.2) is 6.20 Å². The van der Waals surface area contributed by atoms with E-state index in [9.17, 15) is 0 Å². The maximum atomic E-state index is 4.66. The maximum absolute atomic E-state index is 4.66. The first kappa shape index (κ1) is 14.3. The highest BCUT2D eigenvalue weighted by atomic mass is 15.3. The van der Waals surface area contributed by atoms with Gasteiger partial charge in [-0.3, -0.25) is 0 Å². The molecule has 2 heterocycles. The monoisotopic (exact) mass is 262 g/mol. The Balaban J connectivity index is 1.97. The Labute approximate surface area is 116 Å². The van der Waals surface area contributed by atoms with Gasteiger partial charge < -0.3 is 10.2 Å². The predicted molar refractivity (Wildman–Crippen MR) is 79.3 cm³/mol. The number of rotatable bonds is 5. The van der Waals surface area contributed by atoms with Gasteiger partial charge in [-0.2, -0.15) is 0 Å². The van der Waals surface area contributed by atoms with Gasteiger partial charge in [-0.15, -0.1) is 0 Å². The Hall–Kier alpha value is -1.16. The zero-order valence-electron chi connectivity index (χ0n) is 12.6. The number of nitrogens with zero attached hydrogens (tertiary/aromatic N) is 3. The first-order valence-corrected chi connectivity index (χ1v) is 7.34. The van der Waals surface area contributed by atoms with E-state index >= 15 is 0 Å². The molecule has 0 bridgehead atoms. The van der Waals surface area contributed by atoms with Gasteiger partial charge in [0.05, 0.1) is 0 Å². The normalized spacial score (nSPS) is 19.4. The largest absolute Gasteiger partial charge is 0.341 e. The Morgan fingerprint density at radius 1 is 1.47 bits per heavy atom. The summed E-state index contributed by atoms with van der Waals surface area (Å²) in [7, 11) is 0. The number of aromatic nitrogens is 2. The lowest BCUT2D eigenvalue weighted by Crippen LogP contribution is -2.23. The lowest BCUT2D eigenvalue weighted by molar-refractivity contribution is 0.550. The summed E-state index contributed by atoms with van der Waals surface area (Å²) in [6, 6.07) is 0. The summed E-state index contributed by atoms with van der Waals surface area (Å²) in [4.78, 5) is 11.5. The Morgan fingerprint density at radius 2 is 2.26 bits per heavy atom. The van der Waals surface area contributed by atoms with E-state index in [0.717, 1.165) is 43.7 Å². The van der Waals surface area contributed by atoms with Gasteiger partial charge in [-0.05, 0) is 31.7 Å². The Bertz CT molecular complexity index is 417. The van der Waals surface area contributed by atoms with Crippen LogP contribution in [0.25, 0.3) is 0 Å². The van der Waals surface area contributed by atoms with Crippen molar-refractivity contribution < 1.29 is 0 Å². The minimum absolute atomic E-state index is 0.673. The van der Waals surface area contributed by atoms with Crippen LogP contribution in [-0.4, -0.2) is 29.6 Å². The third kappa shape index (κ3) is 3.90. The molecule has 1 aromatic heterocycles. The van der Waals surface area contributed by atoms with Crippen molar-refractivity contribution >= 4 is 5.95 Å². The van der Waals surface area contributed by atoms with E-state index < -0.39 is 0 Å². The fourth-order valence-electron chi connectivity index (χ4n) is 2.42. The predicted octanol–water partition coefficient (Wildman–Crippen LogP) is 2.38. The molecule has 1 aliphatic rings. The van der Waals surface area contributed by atoms with Crippen molar-refractivity contribution in [2.75, 3.05) is 24.5 Å². The molecule has 0 amide bonds. The molecule has 4 heteroatoms. The zero-order valence-corrected chi connectivity index (χ0v) is 12.6. The van der Waals surface area contributed by atoms with E-state index in [-0.39, 0.29) is 0 Å². The van der Waals surface area contributed by atoms with Crippen molar-refractivity contribution in [2.24, 2.45) is 11.8 Å². The van der Waals surface area contributed by atoms with Crippen LogP contribution >= 0.6 is 0 Å². The highest BCUT2D eigenvalue weighted by Gasteiger charge is 2.21. The van der Waals surface area contributed by atoms with Crippen LogP contribution in [-0.2, 0) is 6.54 Å². The van der Waals surface area contributed by atoms with Gasteiger partial charge >= 0.3 is 0 Å². The standard InChI is InChI=1S/C15H26N4/c1-11(2)7-16-8-14-9-17-15(18-13(14)4)19-6-5-12(3)10-19/h9,11-12,16H,5-8,10H2,1-4H3. The SMILES string of the molecule is Cc1nc(N2CCC(C)C2)ncc1CNCC(C)C. The third-order valence-electron chi connectivity index (χ3n) is 3.64. The molecule has 1 fully saturated rings. The second kappa shape index (κ2) is 6.33. The topological polar surface area (TPSA) is 41.1 Å². The molecule has 4 nitrogen and oxygen atoms in total. The Morgan fingerprint density at radius 3 is 2.84 bits per heavy atom. The summed E-state index contributed by atoms with van der Waals surface area (Å²) in [5, 5.41) is 3.44. The average molecular weight is 262 g/mol. The first-order chi connectivity index (χ1) is 9.06. The van der Waals surface area contributed by atoms with Crippen LogP contribution in [0.3, 0.4) is 0 Å². The number of anilines is 1. The fourth-order valence-corrected chi connectivity index (χ4v) is 2.42. The van der Waals surface area contributed by atoms with E-state index in [2.05, 4.69) is 47.9 Å². The molecule has 0 aromatic carbocycles. The zero-order chi connectivity index (χ0) is 13.8. The number of hydrogen-bond donors (Lipinski definition) is 1. The molecule has 0 saturated carbocycles. The van der Waals surface area contributed by atoms with Crippen LogP contribution < -0.4 is 10.2 Å². The van der Waals surface area contributed by atoms with Crippen molar-refractivity contribution in [3.63, 3.8) is 0 Å². The molecular weight excluding hydrogens is 236 g/mol. The van der Waals surface area contributed by atoms with Gasteiger partial charge in [0.15, 0.2) is 0 Å². The van der Waals surface area contributed by atoms with Crippen LogP contribution in [0.1, 0.15) is 38.4 Å². The van der Waals surface area contributed by atoms with Crippen molar-refractivity contribution in [2.45, 2.75) is 40.7 Å². The molecule has 1 saturated heterocycles. The van der Waals surface area contributed by atoms with Gasteiger partial charge in [-0.25, -0.2) is 9.97 Å². The molecule has 1 aromatic rings. The molecular formula is C15H26N4. The van der Waals surface area contributed by atoms with Gasteiger partial charge in [0.1, 0.15) is 0 Å². The van der Waals surface area contributed by atoms with Crippen LogP contribution in [0.4, 0.5) is 5.95 Å². The van der Waals surface area contributed by atoms with Crippen LogP contribution in [0.5, 0.6) is 0 Å². The second-order valence-corrected chi connectivity index (χ2v) is 6.15. The summed E-state index contributed by atoms with van der Waals surface area (Å²) in [5.41, 5.74) is 2.30. The van der Waals surface area contributed by atoms with Gasteiger partial charge in [0.2, 0.25) is 5.95 Å². The van der Waals surface area contributed by atoms with Crippen LogP contribution in [0.2, 0.25) is 0 Å². The van der Waals surface area contributed by atoms with Crippen molar-refractivity contribution in [3.8, 4) is 0 Å². The fraction of sp³-hybridized carbons (Fsp3) is 0.733. The smallest absolute Gasteiger partial charge is 0.225 e. The number of hydrogen-bond acceptors (Lipinski definition) is 4. The molecule has 1 aliphatic heterocycles. The van der Waals surface area contributed by atoms with Gasteiger partial charge in [-0.1, -0.05) is 20.8 Å². The molecule has 0 aliphatic carbocycles. The van der Waals surface area contributed by atoms with Crippen molar-refractivity contribution in [1.82, 2.24) is 15.3 Å². The van der Waals surface area contributed by atoms with E-state index in [1.54, 1.807) is 0 Å². The molecule has 1 unspecified atom stereocenters. The lowest BCUT2D eigenvalue weighted by Gasteiger charge is -2.17. The lowest BCUT2D eigenvalue weighted by atomic mass is 10.2. The Kier molecular flexibility index (Phi) is 4.75. The molecule has 2 rings (SSSR count). The highest BCUT2D eigenvalue weighted by molar-refractivity contribution is 5.34. The van der Waals surface area contributed by atoms with Gasteiger partial charge in [0, 0.05) is 37.1 Å². The summed E-state index contributed by atoms with van der Waals surface area (Å²) in [6.07, 6.45) is 3.23. The molecule has 1 N–H and O–H groups in total. The minimum Gasteiger partial charge on any atom is -0.341 e. The summed E-state index contributed by atoms with van der Waals surface area (Å²) >= 11 is 0. The maximum Gasteiger partial charge on any atom is 0.225 e. The molecule has 0 spiro atoms. The van der Waals surface area contributed by atoms with Gasteiger partial charge in [0.25, 0.3) is 0 Å². The quantitative estimate of drug-likeness (QED) is 0.884. The number of nitrogens with one attached hydrogen (secondary N) is 1. The van der Waals surface area contributed by atoms with Crippen molar-refractivity contribution in [3.05, 3.63) is 17.5 Å². The average Bonchev–Trinajstić information content (AvgIpc) is 2.77. The summed E-state index contributed by atoms with van der Waals surface area (Å²) in [5.74, 6) is 2.33. The van der Waals surface area contributed by atoms with E-state index in [1.165, 1.54) is 12.0 Å². The first-order valence-electron chi connectivity index (χ1n) is 7.34. The molecule has 0 radical (unpaired) electrons. The van der Waals surface area contributed by atoms with Crippen LogP contribution in [0, 0.1) is 18.8 Å². The number of aryl methyl sites for hydroxylation is 1. The summed E-state index contributed by atoms with van der Waals surface area (Å²) < 4.78 is 0. The molecule has 1 atom stereocenters. The second-order valence-electron chi connectivity index (χ2n) is 6.15. The molecule has 106 valence electrons. The highest BCUT2D eigenvalue weighted by Crippen LogP contribution is 2.20. The van der Waals surface area contributed by atoms with E-state index in [4.69, 9.17) is 0 Å².